The van der Waals surface area contributed by atoms with E-state index in [0.29, 0.717) is 26.3 Å². The Morgan fingerprint density at radius 2 is 1.67 bits per heavy atom. The van der Waals surface area contributed by atoms with Crippen molar-refractivity contribution in [3.05, 3.63) is 65.5 Å². The first kappa shape index (κ1) is 21.7. The van der Waals surface area contributed by atoms with E-state index in [4.69, 9.17) is 9.47 Å². The minimum Gasteiger partial charge on any atom is -0.497 e. The normalized spacial score (nSPS) is 15.3. The zero-order chi connectivity index (χ0) is 21.3. The van der Waals surface area contributed by atoms with E-state index in [1.807, 2.05) is 12.1 Å². The number of ether oxygens (including phenoxy) is 2. The Morgan fingerprint density at radius 3 is 2.30 bits per heavy atom. The second-order valence-electron chi connectivity index (χ2n) is 6.96. The predicted octanol–water partition coefficient (Wildman–Crippen LogP) is 1.64. The van der Waals surface area contributed by atoms with Crippen LogP contribution in [0.25, 0.3) is 0 Å². The molecule has 1 aliphatic heterocycles. The Balaban J connectivity index is 1.55. The van der Waals surface area contributed by atoms with Crippen LogP contribution in [0.5, 0.6) is 5.75 Å². The Kier molecular flexibility index (Phi) is 7.75. The number of methoxy groups -OCH3 is 1. The topological polar surface area (TPSA) is 79.9 Å². The average molecular weight is 415 g/mol. The summed E-state index contributed by atoms with van der Waals surface area (Å²) >= 11 is 0. The van der Waals surface area contributed by atoms with Crippen molar-refractivity contribution in [2.45, 2.75) is 12.6 Å². The zero-order valence-electron chi connectivity index (χ0n) is 16.9. The van der Waals surface area contributed by atoms with Gasteiger partial charge in [0.2, 0.25) is 0 Å². The molecule has 0 aromatic heterocycles. The number of benzene rings is 2. The summed E-state index contributed by atoms with van der Waals surface area (Å²) < 4.78 is 23.8. The number of nitrogens with zero attached hydrogens (tertiary/aromatic N) is 1. The van der Waals surface area contributed by atoms with Crippen LogP contribution in [0.4, 0.5) is 4.39 Å². The van der Waals surface area contributed by atoms with Gasteiger partial charge >= 0.3 is 11.8 Å². The highest BCUT2D eigenvalue weighted by Gasteiger charge is 2.24. The van der Waals surface area contributed by atoms with Gasteiger partial charge in [0, 0.05) is 26.2 Å². The van der Waals surface area contributed by atoms with Gasteiger partial charge in [-0.05, 0) is 35.4 Å². The largest absolute Gasteiger partial charge is 0.497 e. The van der Waals surface area contributed by atoms with E-state index in [2.05, 4.69) is 15.5 Å². The number of hydrogen-bond acceptors (Lipinski definition) is 5. The van der Waals surface area contributed by atoms with Crippen molar-refractivity contribution in [3.63, 3.8) is 0 Å². The van der Waals surface area contributed by atoms with Crippen molar-refractivity contribution < 1.29 is 23.5 Å². The third kappa shape index (κ3) is 6.01. The zero-order valence-corrected chi connectivity index (χ0v) is 16.9. The van der Waals surface area contributed by atoms with Crippen molar-refractivity contribution in [2.24, 2.45) is 0 Å². The van der Waals surface area contributed by atoms with E-state index < -0.39 is 11.8 Å². The lowest BCUT2D eigenvalue weighted by atomic mass is 10.0. The lowest BCUT2D eigenvalue weighted by Crippen LogP contribution is -2.46. The number of morpholine rings is 1. The van der Waals surface area contributed by atoms with Crippen LogP contribution in [0, 0.1) is 5.82 Å². The predicted molar refractivity (Wildman–Crippen MR) is 109 cm³/mol. The minimum absolute atomic E-state index is 0.173. The fourth-order valence-electron chi connectivity index (χ4n) is 3.31. The molecule has 0 unspecified atom stereocenters. The third-order valence-corrected chi connectivity index (χ3v) is 5.02. The van der Waals surface area contributed by atoms with E-state index in [-0.39, 0.29) is 24.9 Å². The van der Waals surface area contributed by atoms with E-state index in [9.17, 15) is 14.0 Å². The number of carbonyl (C=O) groups excluding carboxylic acids is 2. The molecule has 0 spiro atoms. The Bertz CT molecular complexity index is 836. The molecule has 7 nitrogen and oxygen atoms in total. The molecule has 2 aromatic rings. The Morgan fingerprint density at radius 1 is 1.03 bits per heavy atom. The van der Waals surface area contributed by atoms with Gasteiger partial charge in [-0.25, -0.2) is 4.39 Å². The number of amides is 2. The van der Waals surface area contributed by atoms with Crippen LogP contribution in [0.15, 0.2) is 48.5 Å². The van der Waals surface area contributed by atoms with Crippen molar-refractivity contribution >= 4 is 11.8 Å². The molecule has 0 saturated carbocycles. The quantitative estimate of drug-likeness (QED) is 0.672. The molecule has 2 N–H and O–H groups in total. The number of carbonyl (C=O) groups is 2. The average Bonchev–Trinajstić information content (AvgIpc) is 2.79. The van der Waals surface area contributed by atoms with Crippen LogP contribution in [0.2, 0.25) is 0 Å². The van der Waals surface area contributed by atoms with Gasteiger partial charge in [-0.1, -0.05) is 24.3 Å². The number of rotatable bonds is 7. The fourth-order valence-corrected chi connectivity index (χ4v) is 3.31. The lowest BCUT2D eigenvalue weighted by Gasteiger charge is -2.34. The summed E-state index contributed by atoms with van der Waals surface area (Å²) in [5.74, 6) is -1.01. The SMILES string of the molecule is COc1ccc(CNC(=O)C(=O)NC[C@H](c2ccc(F)cc2)N2CCOCC2)cc1. The van der Waals surface area contributed by atoms with E-state index in [0.717, 1.165) is 16.9 Å². The molecule has 0 aliphatic carbocycles. The Hall–Kier alpha value is -2.97. The van der Waals surface area contributed by atoms with Gasteiger partial charge in [0.1, 0.15) is 11.6 Å². The van der Waals surface area contributed by atoms with E-state index >= 15 is 0 Å². The third-order valence-electron chi connectivity index (χ3n) is 5.02. The first-order valence-corrected chi connectivity index (χ1v) is 9.83. The van der Waals surface area contributed by atoms with E-state index in [1.165, 1.54) is 12.1 Å². The minimum atomic E-state index is -0.705. The highest BCUT2D eigenvalue weighted by atomic mass is 19.1. The number of halogens is 1. The molecule has 2 amide bonds. The molecule has 2 aromatic carbocycles. The molecule has 3 rings (SSSR count). The molecule has 0 radical (unpaired) electrons. The smallest absolute Gasteiger partial charge is 0.309 e. The summed E-state index contributed by atoms with van der Waals surface area (Å²) in [5.41, 5.74) is 1.73. The first-order valence-electron chi connectivity index (χ1n) is 9.83. The van der Waals surface area contributed by atoms with Crippen molar-refractivity contribution in [1.82, 2.24) is 15.5 Å². The standard InChI is InChI=1S/C22H26FN3O4/c1-29-19-8-2-16(3-9-19)14-24-21(27)22(28)25-15-20(26-10-12-30-13-11-26)17-4-6-18(23)7-5-17/h2-9,20H,10-15H2,1H3,(H,24,27)(H,25,28)/t20-/m1/s1. The van der Waals surface area contributed by atoms with Crippen LogP contribution in [0.3, 0.4) is 0 Å². The van der Waals surface area contributed by atoms with Gasteiger partial charge < -0.3 is 20.1 Å². The van der Waals surface area contributed by atoms with Crippen molar-refractivity contribution in [1.29, 1.82) is 0 Å². The van der Waals surface area contributed by atoms with Gasteiger partial charge in [0.15, 0.2) is 0 Å². The monoisotopic (exact) mass is 415 g/mol. The summed E-state index contributed by atoms with van der Waals surface area (Å²) in [5, 5.41) is 5.31. The molecule has 1 aliphatic rings. The summed E-state index contributed by atoms with van der Waals surface area (Å²) in [4.78, 5) is 26.6. The van der Waals surface area contributed by atoms with Gasteiger partial charge in [-0.3, -0.25) is 14.5 Å². The van der Waals surface area contributed by atoms with Crippen molar-refractivity contribution in [3.8, 4) is 5.75 Å². The molecule has 1 fully saturated rings. The molecule has 1 saturated heterocycles. The van der Waals surface area contributed by atoms with Crippen LogP contribution in [-0.2, 0) is 20.9 Å². The molecule has 1 heterocycles. The maximum Gasteiger partial charge on any atom is 0.309 e. The second-order valence-corrected chi connectivity index (χ2v) is 6.96. The number of nitrogens with one attached hydrogen (secondary N) is 2. The molecule has 8 heteroatoms. The Labute approximate surface area is 175 Å². The summed E-state index contributed by atoms with van der Waals surface area (Å²) in [6, 6.07) is 13.2. The van der Waals surface area contributed by atoms with Gasteiger partial charge in [-0.15, -0.1) is 0 Å². The fraction of sp³-hybridized carbons (Fsp3) is 0.364. The molecular weight excluding hydrogens is 389 g/mol. The summed E-state index contributed by atoms with van der Waals surface area (Å²) in [7, 11) is 1.58. The molecule has 0 bridgehead atoms. The number of hydrogen-bond donors (Lipinski definition) is 2. The van der Waals surface area contributed by atoms with Gasteiger partial charge in [0.25, 0.3) is 0 Å². The highest BCUT2D eigenvalue weighted by Crippen LogP contribution is 2.21. The molecule has 30 heavy (non-hydrogen) atoms. The molecular formula is C22H26FN3O4. The highest BCUT2D eigenvalue weighted by molar-refractivity contribution is 6.35. The van der Waals surface area contributed by atoms with Crippen molar-refractivity contribution in [2.75, 3.05) is 40.0 Å². The van der Waals surface area contributed by atoms with Gasteiger partial charge in [-0.2, -0.15) is 0 Å². The molecule has 160 valence electrons. The van der Waals surface area contributed by atoms with E-state index in [1.54, 1.807) is 31.4 Å². The summed E-state index contributed by atoms with van der Waals surface area (Å²) in [6.45, 7) is 3.05. The second kappa shape index (κ2) is 10.7. The maximum absolute atomic E-state index is 13.3. The van der Waals surface area contributed by atoms with Crippen LogP contribution in [0.1, 0.15) is 17.2 Å². The maximum atomic E-state index is 13.3. The molecule has 1 atom stereocenters. The first-order chi connectivity index (χ1) is 14.6. The summed E-state index contributed by atoms with van der Waals surface area (Å²) in [6.07, 6.45) is 0. The lowest BCUT2D eigenvalue weighted by molar-refractivity contribution is -0.139. The van der Waals surface area contributed by atoms with Crippen LogP contribution < -0.4 is 15.4 Å². The van der Waals surface area contributed by atoms with Crippen LogP contribution in [-0.4, -0.2) is 56.7 Å². The van der Waals surface area contributed by atoms with Crippen LogP contribution >= 0.6 is 0 Å². The van der Waals surface area contributed by atoms with Gasteiger partial charge in [0.05, 0.1) is 26.4 Å².